The van der Waals surface area contributed by atoms with Gasteiger partial charge in [0.05, 0.1) is 13.7 Å². The third-order valence-corrected chi connectivity index (χ3v) is 3.09. The highest BCUT2D eigenvalue weighted by molar-refractivity contribution is 5.39. The van der Waals surface area contributed by atoms with Crippen molar-refractivity contribution in [3.8, 4) is 11.5 Å². The van der Waals surface area contributed by atoms with Crippen LogP contribution in [0.15, 0.2) is 41.5 Å². The summed E-state index contributed by atoms with van der Waals surface area (Å²) in [4.78, 5) is 12.0. The molecule has 0 N–H and O–H groups in total. The molecule has 2 rings (SSSR count). The van der Waals surface area contributed by atoms with Crippen LogP contribution < -0.4 is 15.2 Å². The third kappa shape index (κ3) is 3.04. The van der Waals surface area contributed by atoms with Gasteiger partial charge in [-0.3, -0.25) is 9.13 Å². The fraction of sp³-hybridized carbons (Fsp3) is 0.400. The maximum Gasteiger partial charge on any atom is 0.328 e. The van der Waals surface area contributed by atoms with E-state index in [0.717, 1.165) is 0 Å². The van der Waals surface area contributed by atoms with E-state index in [-0.39, 0.29) is 11.7 Å². The molecule has 0 aliphatic carbocycles. The van der Waals surface area contributed by atoms with Crippen LogP contribution in [0, 0.1) is 0 Å². The van der Waals surface area contributed by atoms with Crippen molar-refractivity contribution in [2.45, 2.75) is 26.4 Å². The molecule has 0 bridgehead atoms. The van der Waals surface area contributed by atoms with Crippen LogP contribution in [-0.4, -0.2) is 22.9 Å². The number of hydrogen-bond donors (Lipinski definition) is 0. The van der Waals surface area contributed by atoms with E-state index in [4.69, 9.17) is 9.47 Å². The van der Waals surface area contributed by atoms with Gasteiger partial charge in [-0.2, -0.15) is 0 Å². The molecular weight excluding hydrogens is 256 g/mol. The molecule has 0 fully saturated rings. The Labute approximate surface area is 118 Å². The molecule has 0 radical (unpaired) electrons. The molecule has 0 aliphatic heterocycles. The molecule has 0 saturated heterocycles. The van der Waals surface area contributed by atoms with Crippen molar-refractivity contribution in [2.24, 2.45) is 0 Å². The van der Waals surface area contributed by atoms with Gasteiger partial charge in [0.1, 0.15) is 6.61 Å². The summed E-state index contributed by atoms with van der Waals surface area (Å²) in [6.07, 6.45) is 3.59. The Hall–Kier alpha value is -2.17. The first kappa shape index (κ1) is 14.2. The summed E-state index contributed by atoms with van der Waals surface area (Å²) in [6, 6.07) is 7.63. The largest absolute Gasteiger partial charge is 0.493 e. The Bertz CT molecular complexity index is 614. The zero-order valence-electron chi connectivity index (χ0n) is 12.1. The third-order valence-electron chi connectivity index (χ3n) is 3.09. The van der Waals surface area contributed by atoms with Gasteiger partial charge in [0.25, 0.3) is 0 Å². The van der Waals surface area contributed by atoms with E-state index in [9.17, 15) is 4.79 Å². The molecule has 5 nitrogen and oxygen atoms in total. The molecule has 2 aromatic rings. The monoisotopic (exact) mass is 276 g/mol. The van der Waals surface area contributed by atoms with Crippen LogP contribution in [0.4, 0.5) is 0 Å². The lowest BCUT2D eigenvalue weighted by molar-refractivity contribution is 0.277. The Kier molecular flexibility index (Phi) is 4.50. The Morgan fingerprint density at radius 3 is 2.45 bits per heavy atom. The number of aromatic nitrogens is 2. The molecule has 0 atom stereocenters. The van der Waals surface area contributed by atoms with Crippen molar-refractivity contribution in [2.75, 3.05) is 13.7 Å². The number of nitrogens with zero attached hydrogens (tertiary/aromatic N) is 2. The fourth-order valence-corrected chi connectivity index (χ4v) is 1.98. The number of para-hydroxylation sites is 2. The smallest absolute Gasteiger partial charge is 0.328 e. The van der Waals surface area contributed by atoms with Crippen LogP contribution in [-0.2, 0) is 6.54 Å². The fourth-order valence-electron chi connectivity index (χ4n) is 1.98. The normalized spacial score (nSPS) is 10.8. The summed E-state index contributed by atoms with van der Waals surface area (Å²) in [5.74, 6) is 1.38. The lowest BCUT2D eigenvalue weighted by Crippen LogP contribution is -2.26. The summed E-state index contributed by atoms with van der Waals surface area (Å²) >= 11 is 0. The van der Waals surface area contributed by atoms with Crippen molar-refractivity contribution >= 4 is 0 Å². The van der Waals surface area contributed by atoms with E-state index in [1.54, 1.807) is 28.6 Å². The minimum atomic E-state index is -0.0105. The minimum Gasteiger partial charge on any atom is -0.493 e. The van der Waals surface area contributed by atoms with Crippen LogP contribution in [0.1, 0.15) is 19.9 Å². The van der Waals surface area contributed by atoms with Gasteiger partial charge in [-0.1, -0.05) is 12.1 Å². The first-order chi connectivity index (χ1) is 9.63. The van der Waals surface area contributed by atoms with Gasteiger partial charge < -0.3 is 9.47 Å². The summed E-state index contributed by atoms with van der Waals surface area (Å²) < 4.78 is 14.2. The van der Waals surface area contributed by atoms with Gasteiger partial charge in [-0.25, -0.2) is 4.79 Å². The topological polar surface area (TPSA) is 45.4 Å². The lowest BCUT2D eigenvalue weighted by atomic mass is 10.3. The number of rotatable bonds is 6. The van der Waals surface area contributed by atoms with Gasteiger partial charge >= 0.3 is 5.69 Å². The van der Waals surface area contributed by atoms with Crippen molar-refractivity contribution < 1.29 is 9.47 Å². The Morgan fingerprint density at radius 2 is 1.85 bits per heavy atom. The standard InChI is InChI=1S/C15H20N2O3/c1-12(2)17-9-8-16(15(17)18)10-11-20-14-7-5-4-6-13(14)19-3/h4-9,12H,10-11H2,1-3H3. The quantitative estimate of drug-likeness (QED) is 0.813. The average Bonchev–Trinajstić information content (AvgIpc) is 2.81. The maximum atomic E-state index is 12.0. The second kappa shape index (κ2) is 6.32. The first-order valence-electron chi connectivity index (χ1n) is 6.66. The molecule has 1 heterocycles. The SMILES string of the molecule is COc1ccccc1OCCn1ccn(C(C)C)c1=O. The van der Waals surface area contributed by atoms with Gasteiger partial charge in [-0.15, -0.1) is 0 Å². The van der Waals surface area contributed by atoms with Gasteiger partial charge in [0.2, 0.25) is 0 Å². The van der Waals surface area contributed by atoms with E-state index in [1.807, 2.05) is 38.1 Å². The van der Waals surface area contributed by atoms with Gasteiger partial charge in [0, 0.05) is 18.4 Å². The number of ether oxygens (including phenoxy) is 2. The molecule has 0 amide bonds. The average molecular weight is 276 g/mol. The van der Waals surface area contributed by atoms with Crippen LogP contribution >= 0.6 is 0 Å². The van der Waals surface area contributed by atoms with Crippen LogP contribution in [0.2, 0.25) is 0 Å². The number of hydrogen-bond acceptors (Lipinski definition) is 3. The summed E-state index contributed by atoms with van der Waals surface area (Å²) in [5.41, 5.74) is -0.0105. The predicted octanol–water partition coefficient (Wildman–Crippen LogP) is 2.32. The molecule has 0 unspecified atom stereocenters. The Morgan fingerprint density at radius 1 is 1.15 bits per heavy atom. The molecule has 0 saturated carbocycles. The summed E-state index contributed by atoms with van der Waals surface area (Å²) in [5, 5.41) is 0. The van der Waals surface area contributed by atoms with Crippen molar-refractivity contribution in [1.82, 2.24) is 9.13 Å². The number of imidazole rings is 1. The van der Waals surface area contributed by atoms with E-state index >= 15 is 0 Å². The molecule has 108 valence electrons. The lowest BCUT2D eigenvalue weighted by Gasteiger charge is -2.10. The predicted molar refractivity (Wildman–Crippen MR) is 77.6 cm³/mol. The van der Waals surface area contributed by atoms with Crippen molar-refractivity contribution in [3.05, 3.63) is 47.1 Å². The number of methoxy groups -OCH3 is 1. The van der Waals surface area contributed by atoms with Crippen LogP contribution in [0.25, 0.3) is 0 Å². The molecule has 1 aromatic carbocycles. The second-order valence-corrected chi connectivity index (χ2v) is 4.77. The second-order valence-electron chi connectivity index (χ2n) is 4.77. The van der Waals surface area contributed by atoms with Crippen LogP contribution in [0.3, 0.4) is 0 Å². The zero-order chi connectivity index (χ0) is 14.5. The highest BCUT2D eigenvalue weighted by Crippen LogP contribution is 2.25. The van der Waals surface area contributed by atoms with Crippen molar-refractivity contribution in [1.29, 1.82) is 0 Å². The van der Waals surface area contributed by atoms with E-state index in [1.165, 1.54) is 0 Å². The van der Waals surface area contributed by atoms with Crippen LogP contribution in [0.5, 0.6) is 11.5 Å². The van der Waals surface area contributed by atoms with Gasteiger partial charge in [-0.05, 0) is 26.0 Å². The summed E-state index contributed by atoms with van der Waals surface area (Å²) in [6.45, 7) is 4.90. The molecular formula is C15H20N2O3. The number of benzene rings is 1. The highest BCUT2D eigenvalue weighted by atomic mass is 16.5. The molecule has 1 aromatic heterocycles. The van der Waals surface area contributed by atoms with E-state index in [2.05, 4.69) is 0 Å². The highest BCUT2D eigenvalue weighted by Gasteiger charge is 2.07. The molecule has 5 heteroatoms. The van der Waals surface area contributed by atoms with Gasteiger partial charge in [0.15, 0.2) is 11.5 Å². The first-order valence-corrected chi connectivity index (χ1v) is 6.66. The van der Waals surface area contributed by atoms with E-state index in [0.29, 0.717) is 24.7 Å². The molecule has 20 heavy (non-hydrogen) atoms. The zero-order valence-corrected chi connectivity index (χ0v) is 12.1. The minimum absolute atomic E-state index is 0.0105. The molecule has 0 spiro atoms. The van der Waals surface area contributed by atoms with Crippen molar-refractivity contribution in [3.63, 3.8) is 0 Å². The molecule has 0 aliphatic rings. The summed E-state index contributed by atoms with van der Waals surface area (Å²) in [7, 11) is 1.61. The Balaban J connectivity index is 1.98. The van der Waals surface area contributed by atoms with E-state index < -0.39 is 0 Å². The maximum absolute atomic E-state index is 12.0.